The molecule has 0 saturated carbocycles. The number of carbonyl (C=O) groups is 1. The molecule has 1 saturated heterocycles. The van der Waals surface area contributed by atoms with Crippen LogP contribution in [0.15, 0.2) is 29.1 Å². The lowest BCUT2D eigenvalue weighted by Gasteiger charge is -2.17. The highest BCUT2D eigenvalue weighted by molar-refractivity contribution is 6.16. The molecule has 6 heteroatoms. The van der Waals surface area contributed by atoms with Gasteiger partial charge in [-0.1, -0.05) is 12.1 Å². The number of amides is 1. The molecule has 0 spiro atoms. The number of aromatic nitrogens is 2. The first kappa shape index (κ1) is 14.1. The van der Waals surface area contributed by atoms with Crippen LogP contribution >= 0.6 is 11.6 Å². The molecule has 110 valence electrons. The van der Waals surface area contributed by atoms with Gasteiger partial charge in [-0.25, -0.2) is 4.98 Å². The monoisotopic (exact) mass is 305 g/mol. The van der Waals surface area contributed by atoms with E-state index >= 15 is 0 Å². The first-order valence-electron chi connectivity index (χ1n) is 7.03. The van der Waals surface area contributed by atoms with Crippen molar-refractivity contribution < 1.29 is 4.79 Å². The third-order valence-electron chi connectivity index (χ3n) is 3.81. The Bertz CT molecular complexity index is 735. The van der Waals surface area contributed by atoms with Crippen molar-refractivity contribution in [1.82, 2.24) is 14.5 Å². The van der Waals surface area contributed by atoms with Gasteiger partial charge in [0.05, 0.1) is 16.8 Å². The van der Waals surface area contributed by atoms with Crippen LogP contribution in [-0.4, -0.2) is 33.4 Å². The van der Waals surface area contributed by atoms with Crippen molar-refractivity contribution in [2.24, 2.45) is 0 Å². The molecule has 1 fully saturated rings. The Morgan fingerprint density at radius 2 is 1.95 bits per heavy atom. The molecule has 0 aliphatic carbocycles. The summed E-state index contributed by atoms with van der Waals surface area (Å²) < 4.78 is 1.40. The standard InChI is InChI=1S/C15H16ClN3O2/c16-9-13-17-12-6-2-1-5-11(12)15(21)19(13)10-14(20)18-7-3-4-8-18/h1-2,5-6H,3-4,7-10H2. The normalized spacial score (nSPS) is 14.8. The molecule has 5 nitrogen and oxygen atoms in total. The van der Waals surface area contributed by atoms with Crippen molar-refractivity contribution in [3.63, 3.8) is 0 Å². The fourth-order valence-corrected chi connectivity index (χ4v) is 2.88. The van der Waals surface area contributed by atoms with E-state index in [1.807, 2.05) is 6.07 Å². The molecule has 21 heavy (non-hydrogen) atoms. The van der Waals surface area contributed by atoms with E-state index in [0.29, 0.717) is 16.7 Å². The molecule has 1 aliphatic heterocycles. The number of fused-ring (bicyclic) bond motifs is 1. The number of halogens is 1. The highest BCUT2D eigenvalue weighted by Crippen LogP contribution is 2.12. The molecule has 0 unspecified atom stereocenters. The van der Waals surface area contributed by atoms with Crippen LogP contribution in [0.2, 0.25) is 0 Å². The van der Waals surface area contributed by atoms with Crippen LogP contribution in [0.4, 0.5) is 0 Å². The lowest BCUT2D eigenvalue weighted by molar-refractivity contribution is -0.130. The highest BCUT2D eigenvalue weighted by Gasteiger charge is 2.20. The molecule has 2 heterocycles. The van der Waals surface area contributed by atoms with E-state index in [1.54, 1.807) is 23.1 Å². The van der Waals surface area contributed by atoms with Gasteiger partial charge in [-0.15, -0.1) is 11.6 Å². The van der Waals surface area contributed by atoms with E-state index < -0.39 is 0 Å². The zero-order valence-electron chi connectivity index (χ0n) is 11.6. The van der Waals surface area contributed by atoms with Gasteiger partial charge in [0.25, 0.3) is 5.56 Å². The zero-order chi connectivity index (χ0) is 14.8. The number of hydrogen-bond donors (Lipinski definition) is 0. The summed E-state index contributed by atoms with van der Waals surface area (Å²) in [7, 11) is 0. The van der Waals surface area contributed by atoms with E-state index in [1.165, 1.54) is 4.57 Å². The minimum Gasteiger partial charge on any atom is -0.341 e. The van der Waals surface area contributed by atoms with Gasteiger partial charge in [0.1, 0.15) is 12.4 Å². The Hall–Kier alpha value is -1.88. The van der Waals surface area contributed by atoms with Crippen LogP contribution in [0.5, 0.6) is 0 Å². The third kappa shape index (κ3) is 2.65. The van der Waals surface area contributed by atoms with Crippen LogP contribution in [-0.2, 0) is 17.2 Å². The quantitative estimate of drug-likeness (QED) is 0.812. The van der Waals surface area contributed by atoms with Gasteiger partial charge >= 0.3 is 0 Å². The zero-order valence-corrected chi connectivity index (χ0v) is 12.3. The molecule has 0 bridgehead atoms. The molecule has 1 aromatic carbocycles. The topological polar surface area (TPSA) is 55.2 Å². The van der Waals surface area contributed by atoms with E-state index in [9.17, 15) is 9.59 Å². The van der Waals surface area contributed by atoms with Gasteiger partial charge in [-0.2, -0.15) is 0 Å². The first-order valence-corrected chi connectivity index (χ1v) is 7.56. The number of likely N-dealkylation sites (tertiary alicyclic amines) is 1. The largest absolute Gasteiger partial charge is 0.341 e. The molecular weight excluding hydrogens is 290 g/mol. The fourth-order valence-electron chi connectivity index (χ4n) is 2.68. The molecule has 0 radical (unpaired) electrons. The van der Waals surface area contributed by atoms with Gasteiger partial charge in [0, 0.05) is 13.1 Å². The predicted octanol–water partition coefficient (Wildman–Crippen LogP) is 1.76. The maximum Gasteiger partial charge on any atom is 0.261 e. The summed E-state index contributed by atoms with van der Waals surface area (Å²) in [6, 6.07) is 7.11. The Balaban J connectivity index is 2.02. The molecule has 3 rings (SSSR count). The second-order valence-corrected chi connectivity index (χ2v) is 5.43. The Morgan fingerprint density at radius 3 is 2.67 bits per heavy atom. The second-order valence-electron chi connectivity index (χ2n) is 5.16. The number of alkyl halides is 1. The molecule has 1 amide bonds. The molecule has 2 aromatic rings. The number of rotatable bonds is 3. The van der Waals surface area contributed by atoms with Crippen molar-refractivity contribution >= 4 is 28.4 Å². The van der Waals surface area contributed by atoms with E-state index in [0.717, 1.165) is 25.9 Å². The van der Waals surface area contributed by atoms with Gasteiger partial charge in [0.15, 0.2) is 0 Å². The smallest absolute Gasteiger partial charge is 0.261 e. The van der Waals surface area contributed by atoms with Gasteiger partial charge in [-0.3, -0.25) is 14.2 Å². The Labute approximate surface area is 127 Å². The van der Waals surface area contributed by atoms with E-state index in [4.69, 9.17) is 11.6 Å². The molecule has 0 N–H and O–H groups in total. The summed E-state index contributed by atoms with van der Waals surface area (Å²) in [5.74, 6) is 0.499. The summed E-state index contributed by atoms with van der Waals surface area (Å²) in [4.78, 5) is 31.0. The van der Waals surface area contributed by atoms with Gasteiger partial charge < -0.3 is 4.90 Å². The average molecular weight is 306 g/mol. The van der Waals surface area contributed by atoms with Crippen LogP contribution < -0.4 is 5.56 Å². The lowest BCUT2D eigenvalue weighted by atomic mass is 10.2. The number of hydrogen-bond acceptors (Lipinski definition) is 3. The van der Waals surface area contributed by atoms with Crippen LogP contribution in [0.25, 0.3) is 10.9 Å². The van der Waals surface area contributed by atoms with Crippen molar-refractivity contribution in [2.75, 3.05) is 13.1 Å². The van der Waals surface area contributed by atoms with Crippen molar-refractivity contribution in [1.29, 1.82) is 0 Å². The fraction of sp³-hybridized carbons (Fsp3) is 0.400. The highest BCUT2D eigenvalue weighted by atomic mass is 35.5. The molecule has 1 aromatic heterocycles. The predicted molar refractivity (Wildman–Crippen MR) is 81.4 cm³/mol. The maximum absolute atomic E-state index is 12.6. The Morgan fingerprint density at radius 1 is 1.24 bits per heavy atom. The SMILES string of the molecule is O=C(Cn1c(CCl)nc2ccccc2c1=O)N1CCCC1. The second kappa shape index (κ2) is 5.85. The number of carbonyl (C=O) groups excluding carboxylic acids is 1. The van der Waals surface area contributed by atoms with Gasteiger partial charge in [0.2, 0.25) is 5.91 Å². The molecular formula is C15H16ClN3O2. The summed E-state index contributed by atoms with van der Waals surface area (Å²) >= 11 is 5.90. The van der Waals surface area contributed by atoms with E-state index in [2.05, 4.69) is 4.98 Å². The van der Waals surface area contributed by atoms with Crippen LogP contribution in [0, 0.1) is 0 Å². The minimum absolute atomic E-state index is 0.0126. The summed E-state index contributed by atoms with van der Waals surface area (Å²) in [6.07, 6.45) is 2.05. The van der Waals surface area contributed by atoms with Crippen molar-refractivity contribution in [3.8, 4) is 0 Å². The molecule has 1 aliphatic rings. The summed E-state index contributed by atoms with van der Waals surface area (Å²) in [6.45, 7) is 1.55. The number of nitrogens with zero attached hydrogens (tertiary/aromatic N) is 3. The van der Waals surface area contributed by atoms with Gasteiger partial charge in [-0.05, 0) is 25.0 Å². The number of benzene rings is 1. The van der Waals surface area contributed by atoms with Crippen LogP contribution in [0.1, 0.15) is 18.7 Å². The van der Waals surface area contributed by atoms with E-state index in [-0.39, 0.29) is 23.9 Å². The lowest BCUT2D eigenvalue weighted by Crippen LogP contribution is -2.36. The minimum atomic E-state index is -0.205. The third-order valence-corrected chi connectivity index (χ3v) is 4.05. The first-order chi connectivity index (χ1) is 10.2. The summed E-state index contributed by atoms with van der Waals surface area (Å²) in [5.41, 5.74) is 0.409. The molecule has 0 atom stereocenters. The number of para-hydroxylation sites is 1. The summed E-state index contributed by atoms with van der Waals surface area (Å²) in [5, 5.41) is 0.514. The van der Waals surface area contributed by atoms with Crippen molar-refractivity contribution in [2.45, 2.75) is 25.3 Å². The Kier molecular flexibility index (Phi) is 3.92. The average Bonchev–Trinajstić information content (AvgIpc) is 3.04. The maximum atomic E-state index is 12.6. The van der Waals surface area contributed by atoms with Crippen LogP contribution in [0.3, 0.4) is 0 Å². The van der Waals surface area contributed by atoms with Crippen molar-refractivity contribution in [3.05, 3.63) is 40.4 Å².